The molecule has 15 heavy (non-hydrogen) atoms. The highest BCUT2D eigenvalue weighted by Gasteiger charge is 1.96. The third-order valence-electron chi connectivity index (χ3n) is 1.92. The van der Waals surface area contributed by atoms with E-state index >= 15 is 0 Å². The number of nitrogens with zero attached hydrogens (tertiary/aromatic N) is 2. The molecule has 0 N–H and O–H groups in total. The van der Waals surface area contributed by atoms with Gasteiger partial charge in [-0.25, -0.2) is 4.68 Å². The van der Waals surface area contributed by atoms with Crippen LogP contribution >= 0.6 is 12.6 Å². The van der Waals surface area contributed by atoms with Gasteiger partial charge in [0.2, 0.25) is 0 Å². The summed E-state index contributed by atoms with van der Waals surface area (Å²) in [6.07, 6.45) is 3.66. The lowest BCUT2D eigenvalue weighted by molar-refractivity contribution is 0.880. The van der Waals surface area contributed by atoms with Crippen LogP contribution < -0.4 is 0 Å². The fraction of sp³-hybridized carbons (Fsp3) is 0.0833. The van der Waals surface area contributed by atoms with Crippen molar-refractivity contribution in [1.29, 1.82) is 0 Å². The minimum absolute atomic E-state index is 0.566. The Kier molecular flexibility index (Phi) is 3.11. The molecule has 0 amide bonds. The second-order valence-electron chi connectivity index (χ2n) is 2.97. The fourth-order valence-corrected chi connectivity index (χ4v) is 1.33. The number of hydrogen-bond acceptors (Lipinski definition) is 2. The molecule has 1 heterocycles. The second-order valence-corrected chi connectivity index (χ2v) is 3.29. The third-order valence-corrected chi connectivity index (χ3v) is 2.07. The Hall–Kier alpha value is -1.66. The lowest BCUT2D eigenvalue weighted by atomic mass is 10.3. The van der Waals surface area contributed by atoms with Crippen LogP contribution in [0.3, 0.4) is 0 Å². The molecule has 2 rings (SSSR count). The van der Waals surface area contributed by atoms with E-state index in [0.717, 1.165) is 11.3 Å². The molecular weight excluding hydrogens is 204 g/mol. The van der Waals surface area contributed by atoms with Gasteiger partial charge < -0.3 is 0 Å². The van der Waals surface area contributed by atoms with Gasteiger partial charge >= 0.3 is 0 Å². The number of aromatic nitrogens is 2. The van der Waals surface area contributed by atoms with Gasteiger partial charge in [0.15, 0.2) is 0 Å². The molecular formula is C12H10N2S. The normalized spacial score (nSPS) is 9.40. The Balaban J connectivity index is 2.28. The summed E-state index contributed by atoms with van der Waals surface area (Å²) in [5, 5.41) is 4.23. The van der Waals surface area contributed by atoms with Crippen molar-refractivity contribution in [3.8, 4) is 17.5 Å². The monoisotopic (exact) mass is 214 g/mol. The molecule has 0 aliphatic carbocycles. The Labute approximate surface area is 94.3 Å². The largest absolute Gasteiger partial charge is 0.240 e. The first-order valence-corrected chi connectivity index (χ1v) is 5.23. The van der Waals surface area contributed by atoms with Crippen molar-refractivity contribution in [2.45, 2.75) is 0 Å². The van der Waals surface area contributed by atoms with E-state index in [9.17, 15) is 0 Å². The second kappa shape index (κ2) is 4.72. The molecule has 0 saturated heterocycles. The van der Waals surface area contributed by atoms with E-state index in [0.29, 0.717) is 5.75 Å². The van der Waals surface area contributed by atoms with Gasteiger partial charge in [-0.2, -0.15) is 17.7 Å². The van der Waals surface area contributed by atoms with Gasteiger partial charge in [0.25, 0.3) is 0 Å². The van der Waals surface area contributed by atoms with Gasteiger partial charge in [-0.1, -0.05) is 30.0 Å². The van der Waals surface area contributed by atoms with Crippen LogP contribution in [0.1, 0.15) is 5.56 Å². The van der Waals surface area contributed by atoms with Crippen molar-refractivity contribution in [2.24, 2.45) is 0 Å². The molecule has 0 unspecified atom stereocenters. The van der Waals surface area contributed by atoms with Crippen molar-refractivity contribution in [2.75, 3.05) is 5.75 Å². The highest BCUT2D eigenvalue weighted by Crippen LogP contribution is 2.06. The summed E-state index contributed by atoms with van der Waals surface area (Å²) >= 11 is 4.03. The molecule has 74 valence electrons. The molecule has 0 saturated carbocycles. The fourth-order valence-electron chi connectivity index (χ4n) is 1.25. The summed E-state index contributed by atoms with van der Waals surface area (Å²) in [5.74, 6) is 6.43. The summed E-state index contributed by atoms with van der Waals surface area (Å²) in [6.45, 7) is 0. The van der Waals surface area contributed by atoms with Gasteiger partial charge in [-0.3, -0.25) is 0 Å². The first-order valence-electron chi connectivity index (χ1n) is 4.60. The molecule has 0 fully saturated rings. The predicted molar refractivity (Wildman–Crippen MR) is 64.3 cm³/mol. The number of hydrogen-bond donors (Lipinski definition) is 1. The summed E-state index contributed by atoms with van der Waals surface area (Å²) in [5.41, 5.74) is 1.95. The van der Waals surface area contributed by atoms with Crippen LogP contribution in [0, 0.1) is 11.8 Å². The van der Waals surface area contributed by atoms with E-state index in [-0.39, 0.29) is 0 Å². The van der Waals surface area contributed by atoms with Crippen molar-refractivity contribution < 1.29 is 0 Å². The Morgan fingerprint density at radius 2 is 2.07 bits per heavy atom. The summed E-state index contributed by atoms with van der Waals surface area (Å²) in [6, 6.07) is 9.95. The topological polar surface area (TPSA) is 17.8 Å². The van der Waals surface area contributed by atoms with Crippen LogP contribution in [-0.4, -0.2) is 15.5 Å². The SMILES string of the molecule is SCC#Cc1cnn(-c2ccccc2)c1. The molecule has 1 aromatic carbocycles. The summed E-state index contributed by atoms with van der Waals surface area (Å²) in [7, 11) is 0. The first-order chi connectivity index (χ1) is 7.40. The van der Waals surface area contributed by atoms with Crippen LogP contribution in [0.25, 0.3) is 5.69 Å². The highest BCUT2D eigenvalue weighted by molar-refractivity contribution is 7.80. The quantitative estimate of drug-likeness (QED) is 0.569. The predicted octanol–water partition coefficient (Wildman–Crippen LogP) is 2.15. The van der Waals surface area contributed by atoms with Crippen molar-refractivity contribution in [3.05, 3.63) is 48.3 Å². The summed E-state index contributed by atoms with van der Waals surface area (Å²) < 4.78 is 1.81. The first kappa shape index (κ1) is 9.88. The lowest BCUT2D eigenvalue weighted by Crippen LogP contribution is -1.92. The number of rotatable bonds is 1. The number of thiol groups is 1. The van der Waals surface area contributed by atoms with Crippen LogP contribution in [0.15, 0.2) is 42.7 Å². The average Bonchev–Trinajstić information content (AvgIpc) is 2.76. The third kappa shape index (κ3) is 2.42. The smallest absolute Gasteiger partial charge is 0.0651 e. The van der Waals surface area contributed by atoms with Gasteiger partial charge in [0, 0.05) is 6.20 Å². The van der Waals surface area contributed by atoms with E-state index < -0.39 is 0 Å². The van der Waals surface area contributed by atoms with Crippen molar-refractivity contribution in [3.63, 3.8) is 0 Å². The lowest BCUT2D eigenvalue weighted by Gasteiger charge is -1.97. The molecule has 0 aliphatic heterocycles. The molecule has 0 bridgehead atoms. The van der Waals surface area contributed by atoms with Crippen molar-refractivity contribution >= 4 is 12.6 Å². The van der Waals surface area contributed by atoms with Crippen LogP contribution in [-0.2, 0) is 0 Å². The minimum Gasteiger partial charge on any atom is -0.240 e. The summed E-state index contributed by atoms with van der Waals surface area (Å²) in [4.78, 5) is 0. The minimum atomic E-state index is 0.566. The maximum Gasteiger partial charge on any atom is 0.0651 e. The zero-order valence-corrected chi connectivity index (χ0v) is 8.98. The molecule has 0 atom stereocenters. The molecule has 2 aromatic rings. The molecule has 2 nitrogen and oxygen atoms in total. The highest BCUT2D eigenvalue weighted by atomic mass is 32.1. The van der Waals surface area contributed by atoms with E-state index in [1.54, 1.807) is 6.20 Å². The van der Waals surface area contributed by atoms with Crippen LogP contribution in [0.2, 0.25) is 0 Å². The molecule has 0 radical (unpaired) electrons. The zero-order valence-electron chi connectivity index (χ0n) is 8.09. The molecule has 0 aliphatic rings. The average molecular weight is 214 g/mol. The Morgan fingerprint density at radius 3 is 2.80 bits per heavy atom. The van der Waals surface area contributed by atoms with Crippen LogP contribution in [0.4, 0.5) is 0 Å². The molecule has 3 heteroatoms. The van der Waals surface area contributed by atoms with E-state index in [4.69, 9.17) is 0 Å². The van der Waals surface area contributed by atoms with E-state index in [2.05, 4.69) is 29.6 Å². The molecule has 0 spiro atoms. The van der Waals surface area contributed by atoms with Gasteiger partial charge in [-0.15, -0.1) is 0 Å². The zero-order chi connectivity index (χ0) is 10.5. The molecule has 1 aromatic heterocycles. The van der Waals surface area contributed by atoms with E-state index in [1.807, 2.05) is 41.2 Å². The van der Waals surface area contributed by atoms with Gasteiger partial charge in [-0.05, 0) is 12.1 Å². The standard InChI is InChI=1S/C12H10N2S/c15-8-4-5-11-9-13-14(10-11)12-6-2-1-3-7-12/h1-3,6-7,9-10,15H,8H2. The Morgan fingerprint density at radius 1 is 1.27 bits per heavy atom. The van der Waals surface area contributed by atoms with Crippen LogP contribution in [0.5, 0.6) is 0 Å². The number of benzene rings is 1. The van der Waals surface area contributed by atoms with Gasteiger partial charge in [0.1, 0.15) is 0 Å². The van der Waals surface area contributed by atoms with Gasteiger partial charge in [0.05, 0.1) is 23.2 Å². The maximum absolute atomic E-state index is 4.23. The Bertz CT molecular complexity index is 491. The maximum atomic E-state index is 4.23. The van der Waals surface area contributed by atoms with Crippen molar-refractivity contribution in [1.82, 2.24) is 9.78 Å². The van der Waals surface area contributed by atoms with E-state index in [1.165, 1.54) is 0 Å². The number of para-hydroxylation sites is 1.